The quantitative estimate of drug-likeness (QED) is 0.913. The molecule has 120 valence electrons. The van der Waals surface area contributed by atoms with Gasteiger partial charge in [0.25, 0.3) is 0 Å². The smallest absolute Gasteiger partial charge is 0.224 e. The summed E-state index contributed by atoms with van der Waals surface area (Å²) in [5.41, 5.74) is 2.62. The van der Waals surface area contributed by atoms with Gasteiger partial charge in [0.2, 0.25) is 11.8 Å². The maximum Gasteiger partial charge on any atom is 0.224 e. The van der Waals surface area contributed by atoms with Crippen LogP contribution in [-0.4, -0.2) is 17.5 Å². The van der Waals surface area contributed by atoms with Crippen LogP contribution in [0.2, 0.25) is 10.0 Å². The molecule has 0 unspecified atom stereocenters. The van der Waals surface area contributed by atoms with Gasteiger partial charge in [0.1, 0.15) is 0 Å². The van der Waals surface area contributed by atoms with Crippen molar-refractivity contribution in [3.63, 3.8) is 0 Å². The number of carbonyl (C=O) groups excluding carboxylic acids is 1. The molecule has 0 aliphatic carbocycles. The molecular formula is C17H16Cl2N2O2. The van der Waals surface area contributed by atoms with E-state index in [1.165, 1.54) is 0 Å². The highest BCUT2D eigenvalue weighted by Gasteiger charge is 2.24. The van der Waals surface area contributed by atoms with Crippen molar-refractivity contribution < 1.29 is 9.53 Å². The van der Waals surface area contributed by atoms with Crippen molar-refractivity contribution in [1.29, 1.82) is 0 Å². The molecule has 1 amide bonds. The maximum absolute atomic E-state index is 12.4. The highest BCUT2D eigenvalue weighted by molar-refractivity contribution is 6.35. The van der Waals surface area contributed by atoms with E-state index in [2.05, 4.69) is 10.3 Å². The van der Waals surface area contributed by atoms with Crippen LogP contribution >= 0.6 is 23.2 Å². The van der Waals surface area contributed by atoms with E-state index in [1.807, 2.05) is 25.1 Å². The van der Waals surface area contributed by atoms with Gasteiger partial charge in [0, 0.05) is 28.2 Å². The maximum atomic E-state index is 12.4. The minimum Gasteiger partial charge on any atom is -0.477 e. The summed E-state index contributed by atoms with van der Waals surface area (Å²) in [5, 5.41) is 4.13. The van der Waals surface area contributed by atoms with Gasteiger partial charge in [-0.1, -0.05) is 29.3 Å². The van der Waals surface area contributed by atoms with Gasteiger partial charge >= 0.3 is 0 Å². The predicted octanol–water partition coefficient (Wildman–Crippen LogP) is 3.88. The van der Waals surface area contributed by atoms with E-state index in [1.54, 1.807) is 12.3 Å². The van der Waals surface area contributed by atoms with E-state index in [0.717, 1.165) is 23.1 Å². The van der Waals surface area contributed by atoms with Crippen molar-refractivity contribution in [3.05, 3.63) is 57.2 Å². The molecule has 0 radical (unpaired) electrons. The summed E-state index contributed by atoms with van der Waals surface area (Å²) in [6.45, 7) is 2.43. The molecule has 2 aromatic rings. The summed E-state index contributed by atoms with van der Waals surface area (Å²) in [4.78, 5) is 16.6. The van der Waals surface area contributed by atoms with Crippen molar-refractivity contribution in [3.8, 4) is 5.88 Å². The number of nitrogens with zero attached hydrogens (tertiary/aromatic N) is 1. The van der Waals surface area contributed by atoms with Crippen LogP contribution in [0.25, 0.3) is 0 Å². The SMILES string of the molecule is Cc1cc(Cl)cc(Cl)c1CC(=O)N[C@@H]1CCOc2ncccc21. The number of benzene rings is 1. The average molecular weight is 351 g/mol. The van der Waals surface area contributed by atoms with Crippen LogP contribution in [0.4, 0.5) is 0 Å². The Kier molecular flexibility index (Phi) is 4.74. The molecule has 2 heterocycles. The second-order valence-electron chi connectivity index (χ2n) is 5.51. The second-order valence-corrected chi connectivity index (χ2v) is 6.36. The van der Waals surface area contributed by atoms with Gasteiger partial charge in [-0.05, 0) is 36.2 Å². The Morgan fingerprint density at radius 3 is 3.04 bits per heavy atom. The van der Waals surface area contributed by atoms with E-state index in [4.69, 9.17) is 27.9 Å². The summed E-state index contributed by atoms with van der Waals surface area (Å²) in [7, 11) is 0. The number of carbonyl (C=O) groups is 1. The number of aryl methyl sites for hydroxylation is 1. The van der Waals surface area contributed by atoms with Crippen molar-refractivity contribution in [2.75, 3.05) is 6.61 Å². The Bertz CT molecular complexity index is 726. The first-order chi connectivity index (χ1) is 11.0. The highest BCUT2D eigenvalue weighted by atomic mass is 35.5. The van der Waals surface area contributed by atoms with E-state index in [0.29, 0.717) is 22.5 Å². The van der Waals surface area contributed by atoms with Crippen LogP contribution in [0, 0.1) is 6.92 Å². The third-order valence-electron chi connectivity index (χ3n) is 3.88. The minimum absolute atomic E-state index is 0.0842. The van der Waals surface area contributed by atoms with Gasteiger partial charge in [-0.25, -0.2) is 4.98 Å². The Labute approximate surface area is 144 Å². The van der Waals surface area contributed by atoms with Crippen LogP contribution in [0.1, 0.15) is 29.2 Å². The Morgan fingerprint density at radius 1 is 1.43 bits per heavy atom. The number of aromatic nitrogens is 1. The first-order valence-electron chi connectivity index (χ1n) is 7.36. The number of pyridine rings is 1. The molecule has 0 bridgehead atoms. The van der Waals surface area contributed by atoms with Gasteiger partial charge in [0.15, 0.2) is 0 Å². The van der Waals surface area contributed by atoms with Crippen molar-refractivity contribution in [2.24, 2.45) is 0 Å². The number of hydrogen-bond donors (Lipinski definition) is 1. The molecule has 3 rings (SSSR count). The Morgan fingerprint density at radius 2 is 2.26 bits per heavy atom. The normalized spacial score (nSPS) is 16.4. The summed E-state index contributed by atoms with van der Waals surface area (Å²) in [6, 6.07) is 7.14. The summed E-state index contributed by atoms with van der Waals surface area (Å²) in [6.07, 6.45) is 2.62. The zero-order valence-corrected chi connectivity index (χ0v) is 14.1. The average Bonchev–Trinajstić information content (AvgIpc) is 2.51. The van der Waals surface area contributed by atoms with Crippen LogP contribution in [-0.2, 0) is 11.2 Å². The zero-order chi connectivity index (χ0) is 16.4. The summed E-state index contributed by atoms with van der Waals surface area (Å²) >= 11 is 12.2. The molecule has 6 heteroatoms. The number of rotatable bonds is 3. The molecule has 0 saturated heterocycles. The largest absolute Gasteiger partial charge is 0.477 e. The highest BCUT2D eigenvalue weighted by Crippen LogP contribution is 2.30. The lowest BCUT2D eigenvalue weighted by molar-refractivity contribution is -0.121. The third kappa shape index (κ3) is 3.59. The van der Waals surface area contributed by atoms with Crippen LogP contribution < -0.4 is 10.1 Å². The van der Waals surface area contributed by atoms with E-state index < -0.39 is 0 Å². The first-order valence-corrected chi connectivity index (χ1v) is 8.12. The van der Waals surface area contributed by atoms with Gasteiger partial charge in [-0.2, -0.15) is 0 Å². The zero-order valence-electron chi connectivity index (χ0n) is 12.6. The first kappa shape index (κ1) is 16.1. The Hall–Kier alpha value is -1.78. The number of halogens is 2. The molecule has 0 saturated carbocycles. The molecule has 0 fully saturated rings. The van der Waals surface area contributed by atoms with E-state index in [-0.39, 0.29) is 18.4 Å². The van der Waals surface area contributed by atoms with Crippen LogP contribution in [0.5, 0.6) is 5.88 Å². The molecule has 1 atom stereocenters. The van der Waals surface area contributed by atoms with Crippen molar-refractivity contribution in [2.45, 2.75) is 25.8 Å². The molecule has 1 aromatic carbocycles. The second kappa shape index (κ2) is 6.77. The lowest BCUT2D eigenvalue weighted by Gasteiger charge is -2.25. The number of hydrogen-bond acceptors (Lipinski definition) is 3. The van der Waals surface area contributed by atoms with Crippen molar-refractivity contribution >= 4 is 29.1 Å². The molecule has 1 aliphatic heterocycles. The fraction of sp³-hybridized carbons (Fsp3) is 0.294. The van der Waals surface area contributed by atoms with Crippen LogP contribution in [0.3, 0.4) is 0 Å². The number of nitrogens with one attached hydrogen (secondary N) is 1. The monoisotopic (exact) mass is 350 g/mol. The number of fused-ring (bicyclic) bond motifs is 1. The van der Waals surface area contributed by atoms with Crippen LogP contribution in [0.15, 0.2) is 30.5 Å². The Balaban J connectivity index is 1.74. The minimum atomic E-state index is -0.0914. The fourth-order valence-electron chi connectivity index (χ4n) is 2.73. The number of amides is 1. The fourth-order valence-corrected chi connectivity index (χ4v) is 3.39. The molecule has 4 nitrogen and oxygen atoms in total. The molecule has 1 aliphatic rings. The van der Waals surface area contributed by atoms with E-state index in [9.17, 15) is 4.79 Å². The topological polar surface area (TPSA) is 51.2 Å². The lowest BCUT2D eigenvalue weighted by Crippen LogP contribution is -2.33. The van der Waals surface area contributed by atoms with Gasteiger partial charge in [-0.3, -0.25) is 4.79 Å². The van der Waals surface area contributed by atoms with Gasteiger partial charge in [-0.15, -0.1) is 0 Å². The van der Waals surface area contributed by atoms with Gasteiger partial charge in [0.05, 0.1) is 19.1 Å². The van der Waals surface area contributed by atoms with Gasteiger partial charge < -0.3 is 10.1 Å². The molecule has 1 aromatic heterocycles. The van der Waals surface area contributed by atoms with E-state index >= 15 is 0 Å². The molecule has 23 heavy (non-hydrogen) atoms. The summed E-state index contributed by atoms with van der Waals surface area (Å²) in [5.74, 6) is 0.504. The molecular weight excluding hydrogens is 335 g/mol. The van der Waals surface area contributed by atoms with Crippen molar-refractivity contribution in [1.82, 2.24) is 10.3 Å². The third-order valence-corrected chi connectivity index (χ3v) is 4.43. The summed E-state index contributed by atoms with van der Waals surface area (Å²) < 4.78 is 5.51. The molecule has 1 N–H and O–H groups in total. The number of ether oxygens (including phenoxy) is 1. The standard InChI is InChI=1S/C17H16Cl2N2O2/c1-10-7-11(18)8-14(19)13(10)9-16(22)21-15-4-6-23-17-12(15)3-2-5-20-17/h2-3,5,7-8,15H,4,6,9H2,1H3,(H,21,22)/t15-/m1/s1. The predicted molar refractivity (Wildman–Crippen MR) is 90.1 cm³/mol. The lowest BCUT2D eigenvalue weighted by atomic mass is 10.0. The molecule has 0 spiro atoms.